The van der Waals surface area contributed by atoms with Gasteiger partial charge in [-0.1, -0.05) is 0 Å². The number of amides is 1. The lowest BCUT2D eigenvalue weighted by Gasteiger charge is -2.30. The molecule has 0 spiro atoms. The molecule has 3 rings (SSSR count). The smallest absolute Gasteiger partial charge is 0.308 e. The molecule has 1 saturated heterocycles. The Bertz CT molecular complexity index is 736. The van der Waals surface area contributed by atoms with Crippen molar-refractivity contribution in [3.8, 4) is 5.75 Å². The topological polar surface area (TPSA) is 80.0 Å². The number of aliphatic carboxylic acids is 1. The number of ether oxygens (including phenoxy) is 1. The number of carboxylic acid groups (broad SMARTS) is 1. The zero-order valence-electron chi connectivity index (χ0n) is 12.9. The van der Waals surface area contributed by atoms with Crippen LogP contribution in [0, 0.1) is 5.92 Å². The standard InChI is InChI=1S/C17H19NO5/c1-22-13-4-5-14-12(10-23-15(14)8-13)7-16(19)18-6-2-3-11(9-18)17(20)21/h4-5,8,10-11H,2-3,6-7,9H2,1H3,(H,20,21)/t11-/m0/s1. The van der Waals surface area contributed by atoms with Crippen molar-refractivity contribution in [1.82, 2.24) is 4.90 Å². The fourth-order valence-electron chi connectivity index (χ4n) is 3.01. The molecule has 1 aromatic carbocycles. The van der Waals surface area contributed by atoms with Crippen molar-refractivity contribution < 1.29 is 23.8 Å². The van der Waals surface area contributed by atoms with Gasteiger partial charge >= 0.3 is 5.97 Å². The van der Waals surface area contributed by atoms with E-state index < -0.39 is 11.9 Å². The van der Waals surface area contributed by atoms with Crippen LogP contribution in [0.4, 0.5) is 0 Å². The number of fused-ring (bicyclic) bond motifs is 1. The minimum absolute atomic E-state index is 0.0607. The van der Waals surface area contributed by atoms with E-state index in [1.165, 1.54) is 0 Å². The number of carboxylic acids is 1. The molecule has 1 fully saturated rings. The van der Waals surface area contributed by atoms with Crippen LogP contribution in [0.25, 0.3) is 11.0 Å². The van der Waals surface area contributed by atoms with Gasteiger partial charge in [-0.15, -0.1) is 0 Å². The third-order valence-corrected chi connectivity index (χ3v) is 4.33. The lowest BCUT2D eigenvalue weighted by atomic mass is 9.97. The van der Waals surface area contributed by atoms with Gasteiger partial charge in [-0.3, -0.25) is 9.59 Å². The first-order valence-electron chi connectivity index (χ1n) is 7.63. The zero-order valence-corrected chi connectivity index (χ0v) is 12.9. The summed E-state index contributed by atoms with van der Waals surface area (Å²) >= 11 is 0. The lowest BCUT2D eigenvalue weighted by Crippen LogP contribution is -2.42. The predicted octanol–water partition coefficient (Wildman–Crippen LogP) is 2.31. The van der Waals surface area contributed by atoms with Crippen LogP contribution >= 0.6 is 0 Å². The molecule has 1 aliphatic heterocycles. The minimum Gasteiger partial charge on any atom is -0.497 e. The number of furan rings is 1. The Hall–Kier alpha value is -2.50. The van der Waals surface area contributed by atoms with E-state index in [4.69, 9.17) is 14.3 Å². The fraction of sp³-hybridized carbons (Fsp3) is 0.412. The van der Waals surface area contributed by atoms with E-state index in [0.717, 1.165) is 17.4 Å². The van der Waals surface area contributed by atoms with Crippen LogP contribution < -0.4 is 4.74 Å². The molecule has 6 heteroatoms. The molecule has 122 valence electrons. The van der Waals surface area contributed by atoms with Crippen molar-refractivity contribution in [3.63, 3.8) is 0 Å². The quantitative estimate of drug-likeness (QED) is 0.936. The van der Waals surface area contributed by atoms with Gasteiger partial charge in [0.15, 0.2) is 0 Å². The van der Waals surface area contributed by atoms with E-state index in [1.54, 1.807) is 24.3 Å². The number of hydrogen-bond acceptors (Lipinski definition) is 4. The lowest BCUT2D eigenvalue weighted by molar-refractivity contribution is -0.145. The number of hydrogen-bond donors (Lipinski definition) is 1. The van der Waals surface area contributed by atoms with Crippen LogP contribution in [-0.2, 0) is 16.0 Å². The minimum atomic E-state index is -0.830. The molecule has 0 radical (unpaired) electrons. The molecule has 23 heavy (non-hydrogen) atoms. The second-order valence-electron chi connectivity index (χ2n) is 5.82. The Balaban J connectivity index is 1.74. The van der Waals surface area contributed by atoms with Crippen molar-refractivity contribution in [1.29, 1.82) is 0 Å². The maximum Gasteiger partial charge on any atom is 0.308 e. The molecule has 1 amide bonds. The van der Waals surface area contributed by atoms with Crippen LogP contribution in [0.1, 0.15) is 18.4 Å². The molecule has 0 bridgehead atoms. The van der Waals surface area contributed by atoms with E-state index >= 15 is 0 Å². The highest BCUT2D eigenvalue weighted by Gasteiger charge is 2.28. The summed E-state index contributed by atoms with van der Waals surface area (Å²) in [5, 5.41) is 10.0. The van der Waals surface area contributed by atoms with Crippen LogP contribution in [0.3, 0.4) is 0 Å². The normalized spacial score (nSPS) is 18.1. The van der Waals surface area contributed by atoms with Gasteiger partial charge in [0.25, 0.3) is 0 Å². The van der Waals surface area contributed by atoms with E-state index in [1.807, 2.05) is 12.1 Å². The molecule has 1 N–H and O–H groups in total. The number of likely N-dealkylation sites (tertiary alicyclic amines) is 1. The first-order chi connectivity index (χ1) is 11.1. The van der Waals surface area contributed by atoms with Gasteiger partial charge in [-0.2, -0.15) is 0 Å². The van der Waals surface area contributed by atoms with Gasteiger partial charge in [0.05, 0.1) is 25.7 Å². The van der Waals surface area contributed by atoms with Crippen LogP contribution in [0.5, 0.6) is 5.75 Å². The van der Waals surface area contributed by atoms with Gasteiger partial charge < -0.3 is 19.2 Å². The number of nitrogens with zero attached hydrogens (tertiary/aromatic N) is 1. The molecule has 2 heterocycles. The Labute approximate surface area is 133 Å². The summed E-state index contributed by atoms with van der Waals surface area (Å²) in [6, 6.07) is 5.48. The molecular weight excluding hydrogens is 298 g/mol. The molecule has 1 atom stereocenters. The van der Waals surface area contributed by atoms with Crippen molar-refractivity contribution in [2.24, 2.45) is 5.92 Å². The van der Waals surface area contributed by atoms with Gasteiger partial charge in [0, 0.05) is 30.1 Å². The van der Waals surface area contributed by atoms with Gasteiger partial charge in [0.2, 0.25) is 5.91 Å². The largest absolute Gasteiger partial charge is 0.497 e. The third-order valence-electron chi connectivity index (χ3n) is 4.33. The number of rotatable bonds is 4. The first-order valence-corrected chi connectivity index (χ1v) is 7.63. The van der Waals surface area contributed by atoms with Gasteiger partial charge in [0.1, 0.15) is 11.3 Å². The maximum absolute atomic E-state index is 12.5. The van der Waals surface area contributed by atoms with Crippen molar-refractivity contribution in [2.75, 3.05) is 20.2 Å². The van der Waals surface area contributed by atoms with Crippen LogP contribution in [0.15, 0.2) is 28.9 Å². The summed E-state index contributed by atoms with van der Waals surface area (Å²) in [5.74, 6) is -0.652. The predicted molar refractivity (Wildman–Crippen MR) is 83.4 cm³/mol. The first kappa shape index (κ1) is 15.4. The molecule has 2 aromatic rings. The summed E-state index contributed by atoms with van der Waals surface area (Å²) < 4.78 is 10.6. The van der Waals surface area contributed by atoms with E-state index in [0.29, 0.717) is 24.3 Å². The molecule has 0 aliphatic carbocycles. The summed E-state index contributed by atoms with van der Waals surface area (Å²) in [7, 11) is 1.59. The summed E-state index contributed by atoms with van der Waals surface area (Å²) in [6.45, 7) is 0.907. The second kappa shape index (κ2) is 6.32. The van der Waals surface area contributed by atoms with E-state index in [-0.39, 0.29) is 18.9 Å². The Morgan fingerprint density at radius 3 is 3.00 bits per heavy atom. The average Bonchev–Trinajstić information content (AvgIpc) is 2.97. The number of benzene rings is 1. The fourth-order valence-corrected chi connectivity index (χ4v) is 3.01. The molecular formula is C17H19NO5. The number of piperidine rings is 1. The molecule has 0 unspecified atom stereocenters. The number of methoxy groups -OCH3 is 1. The van der Waals surface area contributed by atoms with Crippen molar-refractivity contribution in [3.05, 3.63) is 30.0 Å². The monoisotopic (exact) mass is 317 g/mol. The summed E-state index contributed by atoms with van der Waals surface area (Å²) in [5.41, 5.74) is 1.49. The zero-order chi connectivity index (χ0) is 16.4. The average molecular weight is 317 g/mol. The van der Waals surface area contributed by atoms with Gasteiger partial charge in [-0.05, 0) is 25.0 Å². The van der Waals surface area contributed by atoms with Crippen LogP contribution in [-0.4, -0.2) is 42.1 Å². The van der Waals surface area contributed by atoms with E-state index in [2.05, 4.69) is 0 Å². The highest BCUT2D eigenvalue weighted by atomic mass is 16.5. The molecule has 0 saturated carbocycles. The number of carbonyl (C=O) groups is 2. The molecule has 1 aliphatic rings. The van der Waals surface area contributed by atoms with Gasteiger partial charge in [-0.25, -0.2) is 0 Å². The molecule has 6 nitrogen and oxygen atoms in total. The SMILES string of the molecule is COc1ccc2c(CC(=O)N3CCC[C@H](C(=O)O)C3)coc2c1. The Morgan fingerprint density at radius 2 is 2.26 bits per heavy atom. The highest BCUT2D eigenvalue weighted by Crippen LogP contribution is 2.26. The van der Waals surface area contributed by atoms with Crippen molar-refractivity contribution in [2.45, 2.75) is 19.3 Å². The Morgan fingerprint density at radius 1 is 1.43 bits per heavy atom. The van der Waals surface area contributed by atoms with Crippen molar-refractivity contribution >= 4 is 22.8 Å². The van der Waals surface area contributed by atoms with Crippen LogP contribution in [0.2, 0.25) is 0 Å². The maximum atomic E-state index is 12.5. The Kier molecular flexibility index (Phi) is 4.23. The molecule has 1 aromatic heterocycles. The number of carbonyl (C=O) groups excluding carboxylic acids is 1. The summed E-state index contributed by atoms with van der Waals surface area (Å²) in [6.07, 6.45) is 3.16. The van der Waals surface area contributed by atoms with E-state index in [9.17, 15) is 9.59 Å². The summed E-state index contributed by atoms with van der Waals surface area (Å²) in [4.78, 5) is 25.2. The second-order valence-corrected chi connectivity index (χ2v) is 5.82. The highest BCUT2D eigenvalue weighted by molar-refractivity contribution is 5.88. The third kappa shape index (κ3) is 3.16.